The third-order valence-electron chi connectivity index (χ3n) is 3.42. The van der Waals surface area contributed by atoms with Crippen LogP contribution in [0.5, 0.6) is 11.5 Å². The van der Waals surface area contributed by atoms with Crippen molar-refractivity contribution in [1.29, 1.82) is 0 Å². The lowest BCUT2D eigenvalue weighted by atomic mass is 10.3. The Bertz CT molecular complexity index is 607. The van der Waals surface area contributed by atoms with Gasteiger partial charge in [0.2, 0.25) is 0 Å². The predicted octanol–water partition coefficient (Wildman–Crippen LogP) is 4.73. The van der Waals surface area contributed by atoms with Gasteiger partial charge in [-0.2, -0.15) is 0 Å². The SMILES string of the molecule is C(=COc1ccccc1)CNCCSSCCNCC=COc1ccccc1. The molecule has 0 saturated heterocycles. The summed E-state index contributed by atoms with van der Waals surface area (Å²) in [4.78, 5) is 0. The minimum absolute atomic E-state index is 0.816. The normalized spacial score (nSPS) is 11.3. The minimum Gasteiger partial charge on any atom is -0.465 e. The van der Waals surface area contributed by atoms with Gasteiger partial charge in [-0.25, -0.2) is 0 Å². The lowest BCUT2D eigenvalue weighted by Crippen LogP contribution is -2.17. The topological polar surface area (TPSA) is 42.5 Å². The molecule has 4 nitrogen and oxygen atoms in total. The van der Waals surface area contributed by atoms with E-state index < -0.39 is 0 Å². The first-order valence-electron chi connectivity index (χ1n) is 9.34. The highest BCUT2D eigenvalue weighted by Gasteiger charge is 1.91. The molecular weight excluding hydrogens is 388 g/mol. The Kier molecular flexibility index (Phi) is 12.9. The van der Waals surface area contributed by atoms with E-state index in [0.29, 0.717) is 0 Å². The van der Waals surface area contributed by atoms with Crippen molar-refractivity contribution in [1.82, 2.24) is 10.6 Å². The van der Waals surface area contributed by atoms with Crippen molar-refractivity contribution >= 4 is 21.6 Å². The van der Waals surface area contributed by atoms with Gasteiger partial charge in [0.25, 0.3) is 0 Å². The van der Waals surface area contributed by atoms with E-state index in [1.54, 1.807) is 12.5 Å². The van der Waals surface area contributed by atoms with E-state index in [1.807, 2.05) is 94.4 Å². The fraction of sp³-hybridized carbons (Fsp3) is 0.273. The van der Waals surface area contributed by atoms with Crippen molar-refractivity contribution in [2.45, 2.75) is 0 Å². The predicted molar refractivity (Wildman–Crippen MR) is 123 cm³/mol. The summed E-state index contributed by atoms with van der Waals surface area (Å²) in [5.74, 6) is 3.89. The molecule has 0 radical (unpaired) electrons. The molecule has 0 saturated carbocycles. The highest BCUT2D eigenvalue weighted by molar-refractivity contribution is 8.76. The zero-order valence-electron chi connectivity index (χ0n) is 16.0. The van der Waals surface area contributed by atoms with Crippen LogP contribution in [0.3, 0.4) is 0 Å². The summed E-state index contributed by atoms with van der Waals surface area (Å²) in [6.07, 6.45) is 7.44. The third-order valence-corrected chi connectivity index (χ3v) is 5.83. The molecule has 0 fully saturated rings. The summed E-state index contributed by atoms with van der Waals surface area (Å²) < 4.78 is 11.0. The van der Waals surface area contributed by atoms with Gasteiger partial charge in [0.15, 0.2) is 0 Å². The van der Waals surface area contributed by atoms with Crippen LogP contribution < -0.4 is 20.1 Å². The summed E-state index contributed by atoms with van der Waals surface area (Å²) in [7, 11) is 3.79. The molecular formula is C22H28N2O2S2. The number of para-hydroxylation sites is 2. The van der Waals surface area contributed by atoms with E-state index in [1.165, 1.54) is 0 Å². The van der Waals surface area contributed by atoms with Crippen molar-refractivity contribution in [2.75, 3.05) is 37.7 Å². The van der Waals surface area contributed by atoms with Crippen LogP contribution in [-0.4, -0.2) is 37.7 Å². The third kappa shape index (κ3) is 11.8. The van der Waals surface area contributed by atoms with Crippen LogP contribution in [0.15, 0.2) is 85.3 Å². The molecule has 0 amide bonds. The first-order valence-corrected chi connectivity index (χ1v) is 11.8. The summed E-state index contributed by atoms with van der Waals surface area (Å²) >= 11 is 0. The van der Waals surface area contributed by atoms with Crippen LogP contribution in [0.4, 0.5) is 0 Å². The van der Waals surface area contributed by atoms with Crippen molar-refractivity contribution in [3.05, 3.63) is 85.3 Å². The van der Waals surface area contributed by atoms with E-state index in [9.17, 15) is 0 Å². The fourth-order valence-electron chi connectivity index (χ4n) is 2.06. The maximum atomic E-state index is 5.49. The zero-order valence-corrected chi connectivity index (χ0v) is 17.6. The van der Waals surface area contributed by atoms with E-state index in [-0.39, 0.29) is 0 Å². The van der Waals surface area contributed by atoms with Crippen LogP contribution in [0.1, 0.15) is 0 Å². The number of hydrogen-bond acceptors (Lipinski definition) is 6. The van der Waals surface area contributed by atoms with Crippen molar-refractivity contribution < 1.29 is 9.47 Å². The molecule has 0 aliphatic heterocycles. The summed E-state index contributed by atoms with van der Waals surface area (Å²) in [5, 5.41) is 6.74. The Hall–Kier alpha value is -1.86. The van der Waals surface area contributed by atoms with E-state index >= 15 is 0 Å². The Morgan fingerprint density at radius 2 is 1.07 bits per heavy atom. The molecule has 0 atom stereocenters. The lowest BCUT2D eigenvalue weighted by Gasteiger charge is -2.03. The fourth-order valence-corrected chi connectivity index (χ4v) is 3.96. The smallest absolute Gasteiger partial charge is 0.126 e. The molecule has 150 valence electrons. The quantitative estimate of drug-likeness (QED) is 0.248. The standard InChI is InChI=1S/C22H28N2O2S2/c1-3-9-21(10-4-1)25-17-7-13-23-15-19-27-28-20-16-24-14-8-18-26-22-11-5-2-6-12-22/h1-12,17-18,23-24H,13-16,19-20H2. The first-order chi connectivity index (χ1) is 13.9. The van der Waals surface area contributed by atoms with Gasteiger partial charge in [0.05, 0.1) is 12.5 Å². The van der Waals surface area contributed by atoms with Gasteiger partial charge in [-0.1, -0.05) is 58.0 Å². The molecule has 2 rings (SSSR count). The first kappa shape index (κ1) is 22.4. The molecule has 0 heterocycles. The summed E-state index contributed by atoms with van der Waals surface area (Å²) in [6.45, 7) is 3.61. The maximum absolute atomic E-state index is 5.49. The van der Waals surface area contributed by atoms with Gasteiger partial charge in [-0.05, 0) is 36.4 Å². The Balaban J connectivity index is 1.31. The monoisotopic (exact) mass is 416 g/mol. The zero-order chi connectivity index (χ0) is 19.5. The molecule has 0 aliphatic rings. The molecule has 0 unspecified atom stereocenters. The summed E-state index contributed by atoms with van der Waals surface area (Å²) in [5.41, 5.74) is 0. The molecule has 0 bridgehead atoms. The second kappa shape index (κ2) is 16.1. The van der Waals surface area contributed by atoms with Gasteiger partial charge in [-0.15, -0.1) is 0 Å². The van der Waals surface area contributed by atoms with Crippen molar-refractivity contribution in [3.63, 3.8) is 0 Å². The van der Waals surface area contributed by atoms with E-state index in [2.05, 4.69) is 10.6 Å². The lowest BCUT2D eigenvalue weighted by molar-refractivity contribution is 0.478. The Morgan fingerprint density at radius 1 is 0.643 bits per heavy atom. The van der Waals surface area contributed by atoms with Crippen molar-refractivity contribution in [3.8, 4) is 11.5 Å². The Morgan fingerprint density at radius 3 is 1.50 bits per heavy atom. The molecule has 28 heavy (non-hydrogen) atoms. The van der Waals surface area contributed by atoms with Crippen LogP contribution in [0.25, 0.3) is 0 Å². The largest absolute Gasteiger partial charge is 0.465 e. The van der Waals surface area contributed by atoms with Gasteiger partial charge in [-0.3, -0.25) is 0 Å². The summed E-state index contributed by atoms with van der Waals surface area (Å²) in [6, 6.07) is 19.6. The molecule has 0 aliphatic carbocycles. The van der Waals surface area contributed by atoms with Crippen LogP contribution in [0, 0.1) is 0 Å². The van der Waals surface area contributed by atoms with Crippen LogP contribution in [0.2, 0.25) is 0 Å². The van der Waals surface area contributed by atoms with Crippen LogP contribution >= 0.6 is 21.6 Å². The van der Waals surface area contributed by atoms with E-state index in [0.717, 1.165) is 49.2 Å². The maximum Gasteiger partial charge on any atom is 0.126 e. The number of rotatable bonds is 15. The molecule has 0 spiro atoms. The Labute approximate surface area is 176 Å². The molecule has 0 aromatic heterocycles. The second-order valence-corrected chi connectivity index (χ2v) is 8.36. The van der Waals surface area contributed by atoms with Gasteiger partial charge < -0.3 is 20.1 Å². The molecule has 6 heteroatoms. The average Bonchev–Trinajstić information content (AvgIpc) is 2.75. The minimum atomic E-state index is 0.816. The van der Waals surface area contributed by atoms with Gasteiger partial charge in [0, 0.05) is 37.7 Å². The average molecular weight is 417 g/mol. The van der Waals surface area contributed by atoms with Gasteiger partial charge >= 0.3 is 0 Å². The molecule has 2 N–H and O–H groups in total. The highest BCUT2D eigenvalue weighted by Crippen LogP contribution is 2.19. The molecule has 2 aromatic carbocycles. The molecule has 2 aromatic rings. The number of nitrogens with one attached hydrogen (secondary N) is 2. The van der Waals surface area contributed by atoms with Crippen molar-refractivity contribution in [2.24, 2.45) is 0 Å². The highest BCUT2D eigenvalue weighted by atomic mass is 33.1. The second-order valence-electron chi connectivity index (χ2n) is 5.66. The number of benzene rings is 2. The van der Waals surface area contributed by atoms with Crippen LogP contribution in [-0.2, 0) is 0 Å². The number of hydrogen-bond donors (Lipinski definition) is 2. The number of ether oxygens (including phenoxy) is 2. The van der Waals surface area contributed by atoms with E-state index in [4.69, 9.17) is 9.47 Å². The van der Waals surface area contributed by atoms with Gasteiger partial charge in [0.1, 0.15) is 11.5 Å².